The van der Waals surface area contributed by atoms with Crippen LogP contribution in [0.1, 0.15) is 12.0 Å². The summed E-state index contributed by atoms with van der Waals surface area (Å²) in [7, 11) is 0. The van der Waals surface area contributed by atoms with Crippen molar-refractivity contribution in [1.29, 1.82) is 5.26 Å². The molecule has 1 aliphatic rings. The predicted octanol–water partition coefficient (Wildman–Crippen LogP) is 0.0949. The van der Waals surface area contributed by atoms with Gasteiger partial charge in [-0.3, -0.25) is 14.9 Å². The molecule has 0 radical (unpaired) electrons. The van der Waals surface area contributed by atoms with Gasteiger partial charge in [0.1, 0.15) is 6.04 Å². The minimum Gasteiger partial charge on any atom is -0.326 e. The molecule has 7 nitrogen and oxygen atoms in total. The zero-order valence-electron chi connectivity index (χ0n) is 9.77. The summed E-state index contributed by atoms with van der Waals surface area (Å²) in [5.74, 6) is -0.910. The molecule has 1 saturated heterocycles. The molecule has 1 aromatic carbocycles. The molecule has 2 rings (SSSR count). The van der Waals surface area contributed by atoms with Crippen molar-refractivity contribution in [3.8, 4) is 6.07 Å². The lowest BCUT2D eigenvalue weighted by Gasteiger charge is -2.08. The first kappa shape index (κ1) is 12.6. The highest BCUT2D eigenvalue weighted by Crippen LogP contribution is 2.10. The number of anilines is 1. The second kappa shape index (κ2) is 5.18. The Morgan fingerprint density at radius 3 is 2.53 bits per heavy atom. The molecule has 0 spiro atoms. The minimum atomic E-state index is -0.842. The fourth-order valence-corrected chi connectivity index (χ4v) is 1.63. The Morgan fingerprint density at radius 2 is 2.00 bits per heavy atom. The molecule has 1 atom stereocenters. The van der Waals surface area contributed by atoms with Crippen molar-refractivity contribution < 1.29 is 14.4 Å². The van der Waals surface area contributed by atoms with Crippen molar-refractivity contribution in [3.05, 3.63) is 29.8 Å². The third-order valence-electron chi connectivity index (χ3n) is 2.55. The summed E-state index contributed by atoms with van der Waals surface area (Å²) < 4.78 is 0. The van der Waals surface area contributed by atoms with Gasteiger partial charge in [0, 0.05) is 5.69 Å². The molecule has 3 N–H and O–H groups in total. The quantitative estimate of drug-likeness (QED) is 0.667. The van der Waals surface area contributed by atoms with Crippen LogP contribution in [0, 0.1) is 11.3 Å². The summed E-state index contributed by atoms with van der Waals surface area (Å²) in [5, 5.41) is 15.6. The van der Waals surface area contributed by atoms with E-state index in [0.717, 1.165) is 0 Å². The number of carbonyl (C=O) groups excluding carboxylic acids is 3. The topological polar surface area (TPSA) is 111 Å². The Hall–Kier alpha value is -2.88. The maximum Gasteiger partial charge on any atom is 0.322 e. The number of hydrogen-bond donors (Lipinski definition) is 3. The number of amides is 4. The van der Waals surface area contributed by atoms with E-state index < -0.39 is 23.9 Å². The highest BCUT2D eigenvalue weighted by Gasteiger charge is 2.31. The van der Waals surface area contributed by atoms with Gasteiger partial charge in [0.15, 0.2) is 0 Å². The Morgan fingerprint density at radius 1 is 1.32 bits per heavy atom. The van der Waals surface area contributed by atoms with Crippen molar-refractivity contribution in [1.82, 2.24) is 10.6 Å². The average molecular weight is 258 g/mol. The van der Waals surface area contributed by atoms with E-state index in [1.807, 2.05) is 11.4 Å². The van der Waals surface area contributed by atoms with Gasteiger partial charge in [-0.2, -0.15) is 5.26 Å². The van der Waals surface area contributed by atoms with E-state index in [9.17, 15) is 14.4 Å². The largest absolute Gasteiger partial charge is 0.326 e. The first-order valence-electron chi connectivity index (χ1n) is 5.50. The summed E-state index contributed by atoms with van der Waals surface area (Å²) in [6, 6.07) is 6.84. The summed E-state index contributed by atoms with van der Waals surface area (Å²) in [6.07, 6.45) is -0.141. The van der Waals surface area contributed by atoms with E-state index in [1.165, 1.54) is 0 Å². The molecule has 0 bridgehead atoms. The lowest BCUT2D eigenvalue weighted by molar-refractivity contribution is -0.124. The third-order valence-corrected chi connectivity index (χ3v) is 2.55. The molecule has 19 heavy (non-hydrogen) atoms. The van der Waals surface area contributed by atoms with E-state index >= 15 is 0 Å². The lowest BCUT2D eigenvalue weighted by atomic mass is 10.2. The Labute approximate surface area is 108 Å². The number of benzene rings is 1. The fourth-order valence-electron chi connectivity index (χ4n) is 1.63. The molecule has 0 aliphatic carbocycles. The molecular weight excluding hydrogens is 248 g/mol. The smallest absolute Gasteiger partial charge is 0.322 e. The van der Waals surface area contributed by atoms with Crippen LogP contribution in [0.5, 0.6) is 0 Å². The maximum absolute atomic E-state index is 11.7. The van der Waals surface area contributed by atoms with Gasteiger partial charge in [0.05, 0.1) is 18.1 Å². The second-order valence-electron chi connectivity index (χ2n) is 3.96. The summed E-state index contributed by atoms with van der Waals surface area (Å²) >= 11 is 0. The van der Waals surface area contributed by atoms with E-state index in [0.29, 0.717) is 11.3 Å². The SMILES string of the molecule is N#Cc1ccc(NC(=O)CC2NC(=O)NC2=O)cc1. The standard InChI is InChI=1S/C12H10N4O3/c13-6-7-1-3-8(4-2-7)14-10(17)5-9-11(18)16-12(19)15-9/h1-4,9H,5H2,(H,14,17)(H2,15,16,18,19). The van der Waals surface area contributed by atoms with Crippen molar-refractivity contribution in [2.75, 3.05) is 5.32 Å². The van der Waals surface area contributed by atoms with Gasteiger partial charge < -0.3 is 10.6 Å². The zero-order valence-corrected chi connectivity index (χ0v) is 9.77. The van der Waals surface area contributed by atoms with Crippen molar-refractivity contribution in [2.45, 2.75) is 12.5 Å². The van der Waals surface area contributed by atoms with Crippen LogP contribution in [0.4, 0.5) is 10.5 Å². The van der Waals surface area contributed by atoms with Crippen molar-refractivity contribution >= 4 is 23.5 Å². The van der Waals surface area contributed by atoms with Gasteiger partial charge in [-0.05, 0) is 24.3 Å². The molecule has 1 unspecified atom stereocenters. The number of hydrogen-bond acceptors (Lipinski definition) is 4. The van der Waals surface area contributed by atoms with Gasteiger partial charge in [0.25, 0.3) is 5.91 Å². The van der Waals surface area contributed by atoms with Gasteiger partial charge in [-0.1, -0.05) is 0 Å². The molecule has 1 fully saturated rings. The molecule has 1 aromatic rings. The Balaban J connectivity index is 1.92. The fraction of sp³-hybridized carbons (Fsp3) is 0.167. The number of urea groups is 1. The molecule has 0 saturated carbocycles. The summed E-state index contributed by atoms with van der Waals surface area (Å²) in [4.78, 5) is 33.8. The monoisotopic (exact) mass is 258 g/mol. The second-order valence-corrected chi connectivity index (χ2v) is 3.96. The number of carbonyl (C=O) groups is 3. The van der Waals surface area contributed by atoms with Crippen LogP contribution < -0.4 is 16.0 Å². The summed E-state index contributed by atoms with van der Waals surface area (Å²) in [5.41, 5.74) is 1.01. The van der Waals surface area contributed by atoms with Crippen LogP contribution in [-0.4, -0.2) is 23.9 Å². The highest BCUT2D eigenvalue weighted by atomic mass is 16.2. The van der Waals surface area contributed by atoms with E-state index in [1.54, 1.807) is 24.3 Å². The lowest BCUT2D eigenvalue weighted by Crippen LogP contribution is -2.33. The molecule has 1 heterocycles. The zero-order chi connectivity index (χ0) is 13.8. The normalized spacial score (nSPS) is 17.3. The molecule has 96 valence electrons. The number of nitriles is 1. The molecule has 0 aromatic heterocycles. The summed E-state index contributed by atoms with van der Waals surface area (Å²) in [6.45, 7) is 0. The van der Waals surface area contributed by atoms with Crippen LogP contribution in [-0.2, 0) is 9.59 Å². The first-order chi connectivity index (χ1) is 9.08. The van der Waals surface area contributed by atoms with Crippen molar-refractivity contribution in [3.63, 3.8) is 0 Å². The van der Waals surface area contributed by atoms with E-state index in [4.69, 9.17) is 5.26 Å². The Bertz CT molecular complexity index is 574. The molecule has 1 aliphatic heterocycles. The highest BCUT2D eigenvalue weighted by molar-refractivity contribution is 6.06. The first-order valence-corrected chi connectivity index (χ1v) is 5.50. The number of rotatable bonds is 3. The van der Waals surface area contributed by atoms with Crippen LogP contribution in [0.25, 0.3) is 0 Å². The number of imide groups is 1. The Kier molecular flexibility index (Phi) is 3.43. The molecule has 4 amide bonds. The number of nitrogens with zero attached hydrogens (tertiary/aromatic N) is 1. The average Bonchev–Trinajstić information content (AvgIpc) is 2.68. The van der Waals surface area contributed by atoms with Gasteiger partial charge in [-0.15, -0.1) is 0 Å². The van der Waals surface area contributed by atoms with Gasteiger partial charge >= 0.3 is 6.03 Å². The van der Waals surface area contributed by atoms with Crippen LogP contribution >= 0.6 is 0 Å². The van der Waals surface area contributed by atoms with Gasteiger partial charge in [0.2, 0.25) is 5.91 Å². The van der Waals surface area contributed by atoms with Gasteiger partial charge in [-0.25, -0.2) is 4.79 Å². The number of nitrogens with one attached hydrogen (secondary N) is 3. The maximum atomic E-state index is 11.7. The minimum absolute atomic E-state index is 0.141. The van der Waals surface area contributed by atoms with E-state index in [-0.39, 0.29) is 6.42 Å². The van der Waals surface area contributed by atoms with Crippen molar-refractivity contribution in [2.24, 2.45) is 0 Å². The predicted molar refractivity (Wildman–Crippen MR) is 64.9 cm³/mol. The van der Waals surface area contributed by atoms with Crippen LogP contribution in [0.3, 0.4) is 0 Å². The third kappa shape index (κ3) is 3.07. The van der Waals surface area contributed by atoms with E-state index in [2.05, 4.69) is 10.6 Å². The molecular formula is C12H10N4O3. The molecule has 7 heteroatoms. The van der Waals surface area contributed by atoms with Crippen LogP contribution in [0.2, 0.25) is 0 Å². The van der Waals surface area contributed by atoms with Crippen LogP contribution in [0.15, 0.2) is 24.3 Å².